The molecule has 0 radical (unpaired) electrons. The summed E-state index contributed by atoms with van der Waals surface area (Å²) in [7, 11) is 0. The molecule has 1 aromatic rings. The third-order valence-electron chi connectivity index (χ3n) is 2.99. The summed E-state index contributed by atoms with van der Waals surface area (Å²) >= 11 is 0. The molecule has 0 aromatic heterocycles. The summed E-state index contributed by atoms with van der Waals surface area (Å²) in [5.41, 5.74) is 1.26. The van der Waals surface area contributed by atoms with Crippen LogP contribution in [0.25, 0.3) is 0 Å². The summed E-state index contributed by atoms with van der Waals surface area (Å²) in [6.45, 7) is 9.74. The fraction of sp³-hybridized carbons (Fsp3) is 0.588. The lowest BCUT2D eigenvalue weighted by atomic mass is 10.2. The normalized spacial score (nSPS) is 11.3. The number of benzene rings is 1. The van der Waals surface area contributed by atoms with Crippen LogP contribution >= 0.6 is 0 Å². The van der Waals surface area contributed by atoms with E-state index in [1.54, 1.807) is 0 Å². The van der Waals surface area contributed by atoms with Gasteiger partial charge >= 0.3 is 0 Å². The van der Waals surface area contributed by atoms with Crippen molar-refractivity contribution < 1.29 is 4.74 Å². The second-order valence-corrected chi connectivity index (χ2v) is 5.06. The molecule has 0 spiro atoms. The second kappa shape index (κ2) is 11.0. The van der Waals surface area contributed by atoms with Crippen LogP contribution in [-0.2, 0) is 0 Å². The highest BCUT2D eigenvalue weighted by Crippen LogP contribution is 2.11. The Kier molecular flexibility index (Phi) is 9.09. The fourth-order valence-electron chi connectivity index (χ4n) is 1.82. The van der Waals surface area contributed by atoms with E-state index in [9.17, 15) is 0 Å². The van der Waals surface area contributed by atoms with Crippen molar-refractivity contribution in [3.8, 4) is 5.75 Å². The van der Waals surface area contributed by atoms with E-state index < -0.39 is 0 Å². The standard InChI is InChI=1S/C17H29N3O/c1-4-12-19-17(18-5-2)20-13-6-7-14-21-16-10-8-15(3)9-11-16/h8-11H,4-7,12-14H2,1-3H3,(H2,18,19,20). The first-order valence-electron chi connectivity index (χ1n) is 7.98. The van der Waals surface area contributed by atoms with Crippen molar-refractivity contribution in [1.82, 2.24) is 10.6 Å². The van der Waals surface area contributed by atoms with E-state index in [1.807, 2.05) is 12.1 Å². The Labute approximate surface area is 129 Å². The molecule has 0 fully saturated rings. The van der Waals surface area contributed by atoms with E-state index in [0.717, 1.165) is 57.2 Å². The molecule has 0 aliphatic carbocycles. The highest BCUT2D eigenvalue weighted by molar-refractivity contribution is 5.79. The Balaban J connectivity index is 2.11. The molecule has 0 saturated carbocycles. The van der Waals surface area contributed by atoms with E-state index in [2.05, 4.69) is 48.5 Å². The number of hydrogen-bond acceptors (Lipinski definition) is 2. The van der Waals surface area contributed by atoms with Crippen molar-refractivity contribution in [2.75, 3.05) is 26.2 Å². The van der Waals surface area contributed by atoms with Gasteiger partial charge in [0.05, 0.1) is 6.61 Å². The van der Waals surface area contributed by atoms with Crippen LogP contribution < -0.4 is 15.4 Å². The van der Waals surface area contributed by atoms with Crippen LogP contribution in [0.15, 0.2) is 29.3 Å². The fourth-order valence-corrected chi connectivity index (χ4v) is 1.82. The molecule has 4 nitrogen and oxygen atoms in total. The van der Waals surface area contributed by atoms with Crippen LogP contribution in [-0.4, -0.2) is 32.2 Å². The van der Waals surface area contributed by atoms with Crippen LogP contribution in [0, 0.1) is 6.92 Å². The van der Waals surface area contributed by atoms with E-state index in [1.165, 1.54) is 5.56 Å². The van der Waals surface area contributed by atoms with Crippen LogP contribution in [0.2, 0.25) is 0 Å². The highest BCUT2D eigenvalue weighted by atomic mass is 16.5. The Bertz CT molecular complexity index is 401. The van der Waals surface area contributed by atoms with Crippen LogP contribution in [0.5, 0.6) is 5.75 Å². The molecule has 4 heteroatoms. The minimum atomic E-state index is 0.757. The first-order chi connectivity index (χ1) is 10.3. The lowest BCUT2D eigenvalue weighted by molar-refractivity contribution is 0.307. The smallest absolute Gasteiger partial charge is 0.191 e. The molecule has 2 N–H and O–H groups in total. The number of rotatable bonds is 9. The van der Waals surface area contributed by atoms with Gasteiger partial charge in [0.2, 0.25) is 0 Å². The number of aryl methyl sites for hydroxylation is 1. The molecular weight excluding hydrogens is 262 g/mol. The Hall–Kier alpha value is -1.71. The van der Waals surface area contributed by atoms with E-state index in [-0.39, 0.29) is 0 Å². The molecule has 0 bridgehead atoms. The van der Waals surface area contributed by atoms with E-state index in [4.69, 9.17) is 4.74 Å². The zero-order valence-corrected chi connectivity index (χ0v) is 13.6. The molecule has 0 saturated heterocycles. The lowest BCUT2D eigenvalue weighted by Crippen LogP contribution is -2.37. The molecule has 0 aliphatic heterocycles. The van der Waals surface area contributed by atoms with Crippen LogP contribution in [0.4, 0.5) is 0 Å². The molecule has 21 heavy (non-hydrogen) atoms. The van der Waals surface area contributed by atoms with Crippen molar-refractivity contribution in [1.29, 1.82) is 0 Å². The molecule has 1 aromatic carbocycles. The number of hydrogen-bond donors (Lipinski definition) is 2. The van der Waals surface area contributed by atoms with Gasteiger partial charge in [-0.15, -0.1) is 0 Å². The van der Waals surface area contributed by atoms with Crippen molar-refractivity contribution in [3.05, 3.63) is 29.8 Å². The van der Waals surface area contributed by atoms with Crippen LogP contribution in [0.1, 0.15) is 38.7 Å². The van der Waals surface area contributed by atoms with Crippen LogP contribution in [0.3, 0.4) is 0 Å². The van der Waals surface area contributed by atoms with Gasteiger partial charge in [-0.05, 0) is 45.2 Å². The number of unbranched alkanes of at least 4 members (excludes halogenated alkanes) is 1. The third-order valence-corrected chi connectivity index (χ3v) is 2.99. The molecule has 0 amide bonds. The van der Waals surface area contributed by atoms with Crippen molar-refractivity contribution in [2.45, 2.75) is 40.0 Å². The van der Waals surface area contributed by atoms with Crippen molar-refractivity contribution in [2.24, 2.45) is 4.99 Å². The average molecular weight is 291 g/mol. The summed E-state index contributed by atoms with van der Waals surface area (Å²) in [4.78, 5) is 4.47. The number of nitrogens with zero attached hydrogens (tertiary/aromatic N) is 1. The monoisotopic (exact) mass is 291 g/mol. The number of nitrogens with one attached hydrogen (secondary N) is 2. The van der Waals surface area contributed by atoms with E-state index in [0.29, 0.717) is 0 Å². The molecule has 0 heterocycles. The molecule has 0 atom stereocenters. The SMILES string of the molecule is CCCN=C(NCC)NCCCCOc1ccc(C)cc1. The van der Waals surface area contributed by atoms with Crippen molar-refractivity contribution >= 4 is 5.96 Å². The maximum absolute atomic E-state index is 5.71. The third kappa shape index (κ3) is 8.23. The topological polar surface area (TPSA) is 45.7 Å². The first-order valence-corrected chi connectivity index (χ1v) is 7.98. The highest BCUT2D eigenvalue weighted by Gasteiger charge is 1.97. The Morgan fingerprint density at radius 2 is 1.86 bits per heavy atom. The quantitative estimate of drug-likeness (QED) is 0.417. The van der Waals surface area contributed by atoms with E-state index >= 15 is 0 Å². The summed E-state index contributed by atoms with van der Waals surface area (Å²) in [6.07, 6.45) is 3.18. The predicted octanol–water partition coefficient (Wildman–Crippen LogP) is 3.12. The van der Waals surface area contributed by atoms with Gasteiger partial charge in [0, 0.05) is 19.6 Å². The average Bonchev–Trinajstić information content (AvgIpc) is 2.50. The van der Waals surface area contributed by atoms with Crippen molar-refractivity contribution in [3.63, 3.8) is 0 Å². The summed E-state index contributed by atoms with van der Waals surface area (Å²) in [5, 5.41) is 6.59. The van der Waals surface area contributed by atoms with Gasteiger partial charge in [0.25, 0.3) is 0 Å². The first kappa shape index (κ1) is 17.3. The minimum absolute atomic E-state index is 0.757. The summed E-state index contributed by atoms with van der Waals surface area (Å²) < 4.78 is 5.71. The van der Waals surface area contributed by atoms with Gasteiger partial charge in [0.1, 0.15) is 5.75 Å². The zero-order valence-electron chi connectivity index (χ0n) is 13.6. The Morgan fingerprint density at radius 3 is 2.52 bits per heavy atom. The second-order valence-electron chi connectivity index (χ2n) is 5.06. The van der Waals surface area contributed by atoms with Gasteiger partial charge in [-0.1, -0.05) is 24.6 Å². The molecule has 0 aliphatic rings. The van der Waals surface area contributed by atoms with Gasteiger partial charge in [-0.25, -0.2) is 0 Å². The largest absolute Gasteiger partial charge is 0.494 e. The molecule has 1 rings (SSSR count). The number of guanidine groups is 1. The summed E-state index contributed by atoms with van der Waals surface area (Å²) in [5.74, 6) is 1.87. The van der Waals surface area contributed by atoms with Gasteiger partial charge < -0.3 is 15.4 Å². The molecule has 0 unspecified atom stereocenters. The number of aliphatic imine (C=N–C) groups is 1. The minimum Gasteiger partial charge on any atom is -0.494 e. The maximum Gasteiger partial charge on any atom is 0.191 e. The molecular formula is C17H29N3O. The summed E-state index contributed by atoms with van der Waals surface area (Å²) in [6, 6.07) is 8.19. The number of ether oxygens (including phenoxy) is 1. The zero-order chi connectivity index (χ0) is 15.3. The van der Waals surface area contributed by atoms with Gasteiger partial charge in [-0.2, -0.15) is 0 Å². The predicted molar refractivity (Wildman–Crippen MR) is 90.2 cm³/mol. The maximum atomic E-state index is 5.71. The lowest BCUT2D eigenvalue weighted by Gasteiger charge is -2.11. The van der Waals surface area contributed by atoms with Gasteiger partial charge in [-0.3, -0.25) is 4.99 Å². The Morgan fingerprint density at radius 1 is 1.10 bits per heavy atom. The molecule has 118 valence electrons. The van der Waals surface area contributed by atoms with Gasteiger partial charge in [0.15, 0.2) is 5.96 Å².